The van der Waals surface area contributed by atoms with Gasteiger partial charge in [-0.3, -0.25) is 9.67 Å². The number of pyridine rings is 1. The quantitative estimate of drug-likeness (QED) is 0.938. The van der Waals surface area contributed by atoms with Crippen LogP contribution in [-0.4, -0.2) is 27.9 Å². The average Bonchev–Trinajstić information content (AvgIpc) is 3.06. The van der Waals surface area contributed by atoms with Gasteiger partial charge in [0.05, 0.1) is 17.1 Å². The Balaban J connectivity index is 1.68. The number of hydrogen-bond donors (Lipinski definition) is 1. The molecule has 21 heavy (non-hydrogen) atoms. The molecule has 0 radical (unpaired) electrons. The van der Waals surface area contributed by atoms with E-state index in [1.54, 1.807) is 0 Å². The molecule has 0 aromatic carbocycles. The maximum atomic E-state index is 5.91. The second kappa shape index (κ2) is 5.85. The zero-order valence-electron chi connectivity index (χ0n) is 12.8. The first-order valence-electron chi connectivity index (χ1n) is 7.43. The van der Waals surface area contributed by atoms with E-state index in [1.165, 1.54) is 0 Å². The van der Waals surface area contributed by atoms with Crippen molar-refractivity contribution in [3.8, 4) is 0 Å². The minimum absolute atomic E-state index is 0.128. The fraction of sp³-hybridized carbons (Fsp3) is 0.500. The molecule has 2 aromatic rings. The second-order valence-corrected chi connectivity index (χ2v) is 5.69. The van der Waals surface area contributed by atoms with Crippen LogP contribution in [0.4, 0.5) is 5.69 Å². The first kappa shape index (κ1) is 14.1. The van der Waals surface area contributed by atoms with Crippen molar-refractivity contribution in [2.45, 2.75) is 26.4 Å². The molecule has 5 heteroatoms. The van der Waals surface area contributed by atoms with Gasteiger partial charge in [0.1, 0.15) is 6.10 Å². The van der Waals surface area contributed by atoms with Crippen LogP contribution < -0.4 is 5.32 Å². The van der Waals surface area contributed by atoms with Gasteiger partial charge in [0.2, 0.25) is 0 Å². The minimum Gasteiger partial charge on any atom is -0.383 e. The van der Waals surface area contributed by atoms with Gasteiger partial charge in [-0.05, 0) is 38.5 Å². The summed E-state index contributed by atoms with van der Waals surface area (Å²) in [5.74, 6) is 0.459. The van der Waals surface area contributed by atoms with E-state index in [0.29, 0.717) is 5.92 Å². The average molecular weight is 286 g/mol. The number of nitrogens with zero attached hydrogens (tertiary/aromatic N) is 3. The summed E-state index contributed by atoms with van der Waals surface area (Å²) < 4.78 is 7.82. The van der Waals surface area contributed by atoms with Crippen LogP contribution in [0.15, 0.2) is 24.4 Å². The number of nitrogens with one attached hydrogen (secondary N) is 1. The van der Waals surface area contributed by atoms with Crippen LogP contribution in [0.2, 0.25) is 0 Å². The van der Waals surface area contributed by atoms with Crippen molar-refractivity contribution in [3.63, 3.8) is 0 Å². The SMILES string of the molecule is Cc1ccc(NC[C@@H]2CCO[C@H]2c2ccnn2C)c(C)n1. The Morgan fingerprint density at radius 1 is 1.33 bits per heavy atom. The van der Waals surface area contributed by atoms with E-state index in [0.717, 1.165) is 42.3 Å². The molecule has 1 N–H and O–H groups in total. The lowest BCUT2D eigenvalue weighted by Gasteiger charge is -2.20. The Hall–Kier alpha value is -1.88. The second-order valence-electron chi connectivity index (χ2n) is 5.69. The van der Waals surface area contributed by atoms with Gasteiger partial charge in [0, 0.05) is 38.0 Å². The number of aryl methyl sites for hydroxylation is 3. The number of ether oxygens (including phenoxy) is 1. The Bertz CT molecular complexity index is 622. The first-order chi connectivity index (χ1) is 10.1. The molecule has 0 amide bonds. The van der Waals surface area contributed by atoms with Gasteiger partial charge in [-0.25, -0.2) is 0 Å². The fourth-order valence-electron chi connectivity index (χ4n) is 2.95. The normalized spacial score (nSPS) is 21.7. The van der Waals surface area contributed by atoms with E-state index in [4.69, 9.17) is 4.74 Å². The van der Waals surface area contributed by atoms with Crippen molar-refractivity contribution >= 4 is 5.69 Å². The lowest BCUT2D eigenvalue weighted by Crippen LogP contribution is -2.20. The molecule has 1 saturated heterocycles. The molecular weight excluding hydrogens is 264 g/mol. The van der Waals surface area contributed by atoms with Crippen LogP contribution in [0.3, 0.4) is 0 Å². The first-order valence-corrected chi connectivity index (χ1v) is 7.43. The third kappa shape index (κ3) is 2.93. The largest absolute Gasteiger partial charge is 0.383 e. The van der Waals surface area contributed by atoms with Crippen LogP contribution in [0.5, 0.6) is 0 Å². The van der Waals surface area contributed by atoms with Gasteiger partial charge in [-0.15, -0.1) is 0 Å². The standard InChI is InChI=1S/C16H22N4O/c1-11-4-5-14(12(2)19-11)17-10-13-7-9-21-16(13)15-6-8-18-20(15)3/h4-6,8,13,16-17H,7,9-10H2,1-3H3/t13-,16+/m0/s1. The highest BCUT2D eigenvalue weighted by atomic mass is 16.5. The summed E-state index contributed by atoms with van der Waals surface area (Å²) in [7, 11) is 1.97. The van der Waals surface area contributed by atoms with Crippen molar-refractivity contribution < 1.29 is 4.74 Å². The summed E-state index contributed by atoms with van der Waals surface area (Å²) >= 11 is 0. The molecule has 0 aliphatic carbocycles. The van der Waals surface area contributed by atoms with E-state index in [9.17, 15) is 0 Å². The maximum absolute atomic E-state index is 5.91. The maximum Gasteiger partial charge on any atom is 0.104 e. The van der Waals surface area contributed by atoms with Crippen LogP contribution in [0.25, 0.3) is 0 Å². The highest BCUT2D eigenvalue weighted by Gasteiger charge is 2.31. The van der Waals surface area contributed by atoms with Crippen molar-refractivity contribution in [3.05, 3.63) is 41.5 Å². The molecule has 0 unspecified atom stereocenters. The molecule has 0 saturated carbocycles. The van der Waals surface area contributed by atoms with Crippen molar-refractivity contribution in [2.75, 3.05) is 18.5 Å². The predicted octanol–water partition coefficient (Wildman–Crippen LogP) is 2.62. The van der Waals surface area contributed by atoms with Gasteiger partial charge in [0.25, 0.3) is 0 Å². The summed E-state index contributed by atoms with van der Waals surface area (Å²) in [5.41, 5.74) is 4.36. The van der Waals surface area contributed by atoms with E-state index in [-0.39, 0.29) is 6.10 Å². The third-order valence-corrected chi connectivity index (χ3v) is 4.14. The lowest BCUT2D eigenvalue weighted by molar-refractivity contribution is 0.0866. The Kier molecular flexibility index (Phi) is 3.92. The van der Waals surface area contributed by atoms with E-state index in [2.05, 4.69) is 21.5 Å². The number of aromatic nitrogens is 3. The topological polar surface area (TPSA) is 52.0 Å². The number of rotatable bonds is 4. The van der Waals surface area contributed by atoms with Crippen molar-refractivity contribution in [1.82, 2.24) is 14.8 Å². The van der Waals surface area contributed by atoms with E-state index < -0.39 is 0 Å². The molecule has 2 aromatic heterocycles. The number of hydrogen-bond acceptors (Lipinski definition) is 4. The van der Waals surface area contributed by atoms with Gasteiger partial charge >= 0.3 is 0 Å². The zero-order chi connectivity index (χ0) is 14.8. The lowest BCUT2D eigenvalue weighted by atomic mass is 9.98. The molecule has 1 fully saturated rings. The monoisotopic (exact) mass is 286 g/mol. The molecule has 3 heterocycles. The van der Waals surface area contributed by atoms with Gasteiger partial charge < -0.3 is 10.1 Å². The van der Waals surface area contributed by atoms with Crippen LogP contribution in [0, 0.1) is 19.8 Å². The van der Waals surface area contributed by atoms with Crippen molar-refractivity contribution in [1.29, 1.82) is 0 Å². The highest BCUT2D eigenvalue weighted by molar-refractivity contribution is 5.47. The molecule has 5 nitrogen and oxygen atoms in total. The van der Waals surface area contributed by atoms with E-state index in [1.807, 2.05) is 43.9 Å². The molecule has 112 valence electrons. The third-order valence-electron chi connectivity index (χ3n) is 4.14. The summed E-state index contributed by atoms with van der Waals surface area (Å²) in [6.45, 7) is 5.76. The summed E-state index contributed by atoms with van der Waals surface area (Å²) in [6, 6.07) is 6.19. The molecule has 2 atom stereocenters. The fourth-order valence-corrected chi connectivity index (χ4v) is 2.95. The van der Waals surface area contributed by atoms with E-state index >= 15 is 0 Å². The van der Waals surface area contributed by atoms with Gasteiger partial charge in [-0.2, -0.15) is 5.10 Å². The van der Waals surface area contributed by atoms with Crippen LogP contribution in [0.1, 0.15) is 29.6 Å². The van der Waals surface area contributed by atoms with Crippen LogP contribution in [-0.2, 0) is 11.8 Å². The summed E-state index contributed by atoms with van der Waals surface area (Å²) in [6.07, 6.45) is 3.03. The molecule has 3 rings (SSSR count). The summed E-state index contributed by atoms with van der Waals surface area (Å²) in [5, 5.41) is 7.77. The molecular formula is C16H22N4O. The van der Waals surface area contributed by atoms with Crippen LogP contribution >= 0.6 is 0 Å². The van der Waals surface area contributed by atoms with Crippen molar-refractivity contribution in [2.24, 2.45) is 13.0 Å². The Morgan fingerprint density at radius 3 is 2.90 bits per heavy atom. The predicted molar refractivity (Wildman–Crippen MR) is 82.2 cm³/mol. The Labute approximate surface area is 125 Å². The smallest absolute Gasteiger partial charge is 0.104 e. The van der Waals surface area contributed by atoms with Gasteiger partial charge in [-0.1, -0.05) is 0 Å². The molecule has 0 bridgehead atoms. The zero-order valence-corrected chi connectivity index (χ0v) is 12.8. The van der Waals surface area contributed by atoms with Gasteiger partial charge in [0.15, 0.2) is 0 Å². The number of anilines is 1. The molecule has 0 spiro atoms. The Morgan fingerprint density at radius 2 is 2.19 bits per heavy atom. The highest BCUT2D eigenvalue weighted by Crippen LogP contribution is 2.34. The molecule has 1 aliphatic heterocycles. The summed E-state index contributed by atoms with van der Waals surface area (Å²) in [4.78, 5) is 4.49. The minimum atomic E-state index is 0.128. The molecule has 1 aliphatic rings.